The third kappa shape index (κ3) is 5.09. The van der Waals surface area contributed by atoms with Crippen molar-refractivity contribution >= 4 is 5.97 Å². The predicted octanol–water partition coefficient (Wildman–Crippen LogP) is 1.68. The van der Waals surface area contributed by atoms with Crippen LogP contribution in [0.3, 0.4) is 0 Å². The van der Waals surface area contributed by atoms with Gasteiger partial charge in [0.2, 0.25) is 0 Å². The number of carbonyl (C=O) groups is 1. The van der Waals surface area contributed by atoms with E-state index in [1.54, 1.807) is 6.08 Å². The highest BCUT2D eigenvalue weighted by atomic mass is 16.5. The summed E-state index contributed by atoms with van der Waals surface area (Å²) in [6.07, 6.45) is 7.85. The molecule has 0 N–H and O–H groups in total. The number of esters is 1. The minimum Gasteiger partial charge on any atom is -0.466 e. The van der Waals surface area contributed by atoms with Gasteiger partial charge in [-0.05, 0) is 13.3 Å². The summed E-state index contributed by atoms with van der Waals surface area (Å²) in [6.45, 7) is 1.94. The Labute approximate surface area is 61.2 Å². The van der Waals surface area contributed by atoms with Crippen LogP contribution in [0.4, 0.5) is 0 Å². The van der Waals surface area contributed by atoms with Crippen LogP contribution >= 0.6 is 0 Å². The highest BCUT2D eigenvalue weighted by molar-refractivity contribution is 5.81. The van der Waals surface area contributed by atoms with Gasteiger partial charge in [-0.2, -0.15) is 0 Å². The summed E-state index contributed by atoms with van der Waals surface area (Å²) in [5.74, 6) is -0.301. The molecule has 0 unspecified atom stereocenters. The van der Waals surface area contributed by atoms with Crippen molar-refractivity contribution in [3.63, 3.8) is 0 Å². The van der Waals surface area contributed by atoms with Crippen LogP contribution in [-0.2, 0) is 9.53 Å². The topological polar surface area (TPSA) is 26.3 Å². The monoisotopic (exact) mass is 140 g/mol. The average Bonchev–Trinajstić information content (AvgIpc) is 1.98. The van der Waals surface area contributed by atoms with Crippen LogP contribution < -0.4 is 0 Å². The van der Waals surface area contributed by atoms with Crippen LogP contribution in [0.15, 0.2) is 24.3 Å². The van der Waals surface area contributed by atoms with Crippen molar-refractivity contribution in [3.8, 4) is 0 Å². The molecule has 0 aromatic carbocycles. The second-order valence-corrected chi connectivity index (χ2v) is 1.73. The zero-order valence-corrected chi connectivity index (χ0v) is 6.33. The van der Waals surface area contributed by atoms with E-state index >= 15 is 0 Å². The Hall–Kier alpha value is -1.05. The zero-order valence-electron chi connectivity index (χ0n) is 6.33. The van der Waals surface area contributed by atoms with E-state index in [0.29, 0.717) is 0 Å². The molecule has 0 amide bonds. The van der Waals surface area contributed by atoms with E-state index in [1.807, 2.05) is 19.1 Å². The summed E-state index contributed by atoms with van der Waals surface area (Å²) in [5.41, 5.74) is 0. The summed E-state index contributed by atoms with van der Waals surface area (Å²) in [5, 5.41) is 0. The molecular formula is C8H12O2. The molecule has 0 radical (unpaired) electrons. The molecule has 0 aromatic rings. The summed E-state index contributed by atoms with van der Waals surface area (Å²) >= 11 is 0. The van der Waals surface area contributed by atoms with E-state index in [0.717, 1.165) is 6.42 Å². The van der Waals surface area contributed by atoms with Gasteiger partial charge in [0.15, 0.2) is 0 Å². The molecule has 0 aliphatic rings. The molecule has 2 nitrogen and oxygen atoms in total. The molecule has 0 atom stereocenters. The molecule has 2 heteroatoms. The zero-order chi connectivity index (χ0) is 7.82. The molecule has 0 rings (SSSR count). The number of carbonyl (C=O) groups excluding carboxylic acids is 1. The Balaban J connectivity index is 3.45. The Kier molecular flexibility index (Phi) is 5.44. The van der Waals surface area contributed by atoms with Gasteiger partial charge >= 0.3 is 5.97 Å². The molecule has 0 aliphatic carbocycles. The van der Waals surface area contributed by atoms with E-state index in [4.69, 9.17) is 0 Å². The molecule has 0 aromatic heterocycles. The molecule has 0 fully saturated rings. The number of rotatable bonds is 3. The van der Waals surface area contributed by atoms with Crippen LogP contribution in [0, 0.1) is 0 Å². The molecule has 0 saturated heterocycles. The SMILES string of the molecule is C/C=C\C/C=C/C(=O)OC. The van der Waals surface area contributed by atoms with Gasteiger partial charge in [-0.15, -0.1) is 0 Å². The maximum Gasteiger partial charge on any atom is 0.330 e. The fraction of sp³-hybridized carbons (Fsp3) is 0.375. The van der Waals surface area contributed by atoms with E-state index in [9.17, 15) is 4.79 Å². The van der Waals surface area contributed by atoms with Gasteiger partial charge in [-0.1, -0.05) is 18.2 Å². The molecule has 0 bridgehead atoms. The van der Waals surface area contributed by atoms with Gasteiger partial charge in [0, 0.05) is 6.08 Å². The lowest BCUT2D eigenvalue weighted by molar-refractivity contribution is -0.134. The maximum atomic E-state index is 10.4. The second kappa shape index (κ2) is 6.08. The smallest absolute Gasteiger partial charge is 0.330 e. The van der Waals surface area contributed by atoms with Crippen LogP contribution in [0.25, 0.3) is 0 Å². The number of hydrogen-bond acceptors (Lipinski definition) is 2. The molecule has 56 valence electrons. The first-order valence-electron chi connectivity index (χ1n) is 3.17. The summed E-state index contributed by atoms with van der Waals surface area (Å²) in [7, 11) is 1.36. The lowest BCUT2D eigenvalue weighted by Crippen LogP contribution is -1.92. The Morgan fingerprint density at radius 1 is 1.50 bits per heavy atom. The first-order valence-corrected chi connectivity index (χ1v) is 3.17. The van der Waals surface area contributed by atoms with Crippen molar-refractivity contribution in [2.24, 2.45) is 0 Å². The first kappa shape index (κ1) is 8.95. The lowest BCUT2D eigenvalue weighted by Gasteiger charge is -1.86. The van der Waals surface area contributed by atoms with Crippen LogP contribution in [0.2, 0.25) is 0 Å². The van der Waals surface area contributed by atoms with Crippen LogP contribution in [0.5, 0.6) is 0 Å². The number of ether oxygens (including phenoxy) is 1. The largest absolute Gasteiger partial charge is 0.466 e. The summed E-state index contributed by atoms with van der Waals surface area (Å²) in [4.78, 5) is 10.4. The quantitative estimate of drug-likeness (QED) is 0.338. The van der Waals surface area contributed by atoms with Crippen molar-refractivity contribution in [1.82, 2.24) is 0 Å². The van der Waals surface area contributed by atoms with E-state index in [2.05, 4.69) is 4.74 Å². The van der Waals surface area contributed by atoms with Gasteiger partial charge in [0.05, 0.1) is 7.11 Å². The van der Waals surface area contributed by atoms with Gasteiger partial charge in [0.25, 0.3) is 0 Å². The van der Waals surface area contributed by atoms with Crippen molar-refractivity contribution in [2.75, 3.05) is 7.11 Å². The fourth-order valence-electron chi connectivity index (χ4n) is 0.447. The van der Waals surface area contributed by atoms with Gasteiger partial charge < -0.3 is 4.74 Å². The van der Waals surface area contributed by atoms with Crippen molar-refractivity contribution in [2.45, 2.75) is 13.3 Å². The summed E-state index contributed by atoms with van der Waals surface area (Å²) in [6, 6.07) is 0. The molecule has 10 heavy (non-hydrogen) atoms. The average molecular weight is 140 g/mol. The Bertz CT molecular complexity index is 145. The molecule has 0 saturated carbocycles. The number of allylic oxidation sites excluding steroid dienone is 3. The standard InChI is InChI=1S/C8H12O2/c1-3-4-5-6-7-8(9)10-2/h3-4,6-7H,5H2,1-2H3/b4-3-,7-6+. The van der Waals surface area contributed by atoms with E-state index in [1.165, 1.54) is 13.2 Å². The van der Waals surface area contributed by atoms with E-state index < -0.39 is 0 Å². The number of methoxy groups -OCH3 is 1. The third-order valence-electron chi connectivity index (χ3n) is 0.963. The van der Waals surface area contributed by atoms with Gasteiger partial charge in [-0.25, -0.2) is 4.79 Å². The summed E-state index contributed by atoms with van der Waals surface area (Å²) < 4.78 is 4.38. The van der Waals surface area contributed by atoms with Gasteiger partial charge in [-0.3, -0.25) is 0 Å². The second-order valence-electron chi connectivity index (χ2n) is 1.73. The molecule has 0 heterocycles. The highest BCUT2D eigenvalue weighted by Gasteiger charge is 1.86. The minimum atomic E-state index is -0.301. The van der Waals surface area contributed by atoms with E-state index in [-0.39, 0.29) is 5.97 Å². The fourth-order valence-corrected chi connectivity index (χ4v) is 0.447. The maximum absolute atomic E-state index is 10.4. The molecule has 0 spiro atoms. The van der Waals surface area contributed by atoms with Crippen molar-refractivity contribution in [1.29, 1.82) is 0 Å². The highest BCUT2D eigenvalue weighted by Crippen LogP contribution is 1.86. The number of hydrogen-bond donors (Lipinski definition) is 0. The van der Waals surface area contributed by atoms with Crippen molar-refractivity contribution in [3.05, 3.63) is 24.3 Å². The first-order chi connectivity index (χ1) is 4.81. The van der Waals surface area contributed by atoms with Crippen LogP contribution in [-0.4, -0.2) is 13.1 Å². The third-order valence-corrected chi connectivity index (χ3v) is 0.963. The lowest BCUT2D eigenvalue weighted by atomic mass is 10.3. The molecular weight excluding hydrogens is 128 g/mol. The van der Waals surface area contributed by atoms with Crippen LogP contribution in [0.1, 0.15) is 13.3 Å². The molecule has 0 aliphatic heterocycles. The minimum absolute atomic E-state index is 0.301. The normalized spacial score (nSPS) is 11.0. The Morgan fingerprint density at radius 2 is 2.20 bits per heavy atom. The predicted molar refractivity (Wildman–Crippen MR) is 40.6 cm³/mol. The van der Waals surface area contributed by atoms with Gasteiger partial charge in [0.1, 0.15) is 0 Å². The van der Waals surface area contributed by atoms with Crippen molar-refractivity contribution < 1.29 is 9.53 Å². The Morgan fingerprint density at radius 3 is 2.70 bits per heavy atom.